The third kappa shape index (κ3) is 1.79. The Hall–Kier alpha value is -0.590. The van der Waals surface area contributed by atoms with Gasteiger partial charge in [0.2, 0.25) is 0 Å². The number of Topliss-reactive ketones (excluding diaryl/α,β-unsaturated/α-hetero) is 1. The molecule has 6 atom stereocenters. The first kappa shape index (κ1) is 14.0. The lowest BCUT2D eigenvalue weighted by molar-refractivity contribution is -0.136. The molecule has 116 valence electrons. The van der Waals surface area contributed by atoms with Crippen molar-refractivity contribution in [3.05, 3.63) is 11.6 Å². The predicted octanol–water partition coefficient (Wildman–Crippen LogP) is 5.15. The van der Waals surface area contributed by atoms with Gasteiger partial charge in [-0.3, -0.25) is 4.79 Å². The molecule has 0 aromatic rings. The van der Waals surface area contributed by atoms with Gasteiger partial charge in [-0.15, -0.1) is 0 Å². The van der Waals surface area contributed by atoms with Crippen LogP contribution in [0.2, 0.25) is 0 Å². The van der Waals surface area contributed by atoms with E-state index in [-0.39, 0.29) is 5.41 Å². The molecule has 1 heteroatoms. The van der Waals surface area contributed by atoms with E-state index in [4.69, 9.17) is 0 Å². The van der Waals surface area contributed by atoms with Crippen molar-refractivity contribution in [3.63, 3.8) is 0 Å². The number of rotatable bonds is 0. The van der Waals surface area contributed by atoms with Gasteiger partial charge in [0.15, 0.2) is 0 Å². The average Bonchev–Trinajstić information content (AvgIpc) is 2.76. The van der Waals surface area contributed by atoms with Crippen LogP contribution in [0.25, 0.3) is 0 Å². The van der Waals surface area contributed by atoms with E-state index in [1.165, 1.54) is 44.9 Å². The molecule has 0 bridgehead atoms. The van der Waals surface area contributed by atoms with Gasteiger partial charge in [0.25, 0.3) is 0 Å². The van der Waals surface area contributed by atoms with E-state index >= 15 is 0 Å². The van der Waals surface area contributed by atoms with E-state index in [1.807, 2.05) is 0 Å². The molecule has 0 aromatic heterocycles. The van der Waals surface area contributed by atoms with Gasteiger partial charge in [0.1, 0.15) is 5.78 Å². The predicted molar refractivity (Wildman–Crippen MR) is 85.9 cm³/mol. The summed E-state index contributed by atoms with van der Waals surface area (Å²) in [6.07, 6.45) is 12.5. The van der Waals surface area contributed by atoms with E-state index in [0.717, 1.165) is 24.2 Å². The monoisotopic (exact) mass is 286 g/mol. The molecule has 0 spiro atoms. The van der Waals surface area contributed by atoms with Crippen LogP contribution in [0.1, 0.15) is 72.1 Å². The summed E-state index contributed by atoms with van der Waals surface area (Å²) in [5.74, 6) is 3.91. The van der Waals surface area contributed by atoms with Crippen molar-refractivity contribution >= 4 is 5.78 Å². The topological polar surface area (TPSA) is 17.1 Å². The van der Waals surface area contributed by atoms with Crippen LogP contribution in [0.4, 0.5) is 0 Å². The second-order valence-electron chi connectivity index (χ2n) is 9.03. The van der Waals surface area contributed by atoms with Crippen molar-refractivity contribution in [1.29, 1.82) is 0 Å². The van der Waals surface area contributed by atoms with Crippen LogP contribution in [0, 0.1) is 34.5 Å². The van der Waals surface area contributed by atoms with E-state index in [2.05, 4.69) is 26.8 Å². The highest BCUT2D eigenvalue weighted by molar-refractivity contribution is 5.87. The Balaban J connectivity index is 1.67. The standard InChI is InChI=1S/C20H30O/c1-13-8-10-19(2)14(12-13)4-5-15-16-6-7-18(21)20(16,3)11-9-17(15)19/h8,14-17H,4-7,9-12H2,1-3H3/t14-,15-,16-,17-,19-,20-/m0/s1. The number of carbonyl (C=O) groups is 1. The van der Waals surface area contributed by atoms with Gasteiger partial charge in [0, 0.05) is 11.8 Å². The van der Waals surface area contributed by atoms with Gasteiger partial charge in [0.05, 0.1) is 0 Å². The van der Waals surface area contributed by atoms with Crippen LogP contribution in [0.15, 0.2) is 11.6 Å². The normalized spacial score (nSPS) is 52.7. The molecule has 4 aliphatic rings. The van der Waals surface area contributed by atoms with Crippen molar-refractivity contribution in [1.82, 2.24) is 0 Å². The maximum absolute atomic E-state index is 12.4. The highest BCUT2D eigenvalue weighted by Gasteiger charge is 2.59. The fourth-order valence-electron chi connectivity index (χ4n) is 6.83. The molecule has 3 fully saturated rings. The molecule has 0 aliphatic heterocycles. The minimum atomic E-state index is 0.0464. The first-order valence-electron chi connectivity index (χ1n) is 9.14. The zero-order valence-corrected chi connectivity index (χ0v) is 14.0. The molecule has 0 amide bonds. The smallest absolute Gasteiger partial charge is 0.139 e. The first-order chi connectivity index (χ1) is 9.95. The van der Waals surface area contributed by atoms with Crippen LogP contribution in [-0.2, 0) is 4.79 Å². The summed E-state index contributed by atoms with van der Waals surface area (Å²) in [7, 11) is 0. The minimum Gasteiger partial charge on any atom is -0.299 e. The molecule has 4 aliphatic carbocycles. The lowest BCUT2D eigenvalue weighted by Gasteiger charge is -2.59. The maximum atomic E-state index is 12.4. The maximum Gasteiger partial charge on any atom is 0.139 e. The molecular weight excluding hydrogens is 256 g/mol. The third-order valence-corrected chi connectivity index (χ3v) is 8.23. The molecule has 3 saturated carbocycles. The number of fused-ring (bicyclic) bond motifs is 5. The highest BCUT2D eigenvalue weighted by atomic mass is 16.1. The van der Waals surface area contributed by atoms with Gasteiger partial charge in [-0.05, 0) is 81.0 Å². The molecule has 21 heavy (non-hydrogen) atoms. The Morgan fingerprint density at radius 3 is 2.71 bits per heavy atom. The molecule has 0 heterocycles. The Morgan fingerprint density at radius 2 is 1.90 bits per heavy atom. The number of allylic oxidation sites excluding steroid dienone is 2. The second kappa shape index (κ2) is 4.46. The SMILES string of the molecule is CC1=CC[C@@]2(C)[C@@H](CC[C@@H]3[C@@H]2CC[C@]2(C)C(=O)CC[C@@H]32)C1. The molecule has 0 radical (unpaired) electrons. The minimum absolute atomic E-state index is 0.0464. The lowest BCUT2D eigenvalue weighted by atomic mass is 9.45. The highest BCUT2D eigenvalue weighted by Crippen LogP contribution is 2.65. The zero-order chi connectivity index (χ0) is 14.8. The van der Waals surface area contributed by atoms with E-state index in [9.17, 15) is 4.79 Å². The van der Waals surface area contributed by atoms with Gasteiger partial charge < -0.3 is 0 Å². The largest absolute Gasteiger partial charge is 0.299 e. The lowest BCUT2D eigenvalue weighted by Crippen LogP contribution is -2.52. The summed E-state index contributed by atoms with van der Waals surface area (Å²) in [5, 5.41) is 0. The fraction of sp³-hybridized carbons (Fsp3) is 0.850. The summed E-state index contributed by atoms with van der Waals surface area (Å²) in [5.41, 5.74) is 2.19. The first-order valence-corrected chi connectivity index (χ1v) is 9.14. The van der Waals surface area contributed by atoms with Gasteiger partial charge >= 0.3 is 0 Å². The quantitative estimate of drug-likeness (QED) is 0.562. The van der Waals surface area contributed by atoms with Crippen LogP contribution in [0.5, 0.6) is 0 Å². The van der Waals surface area contributed by atoms with Gasteiger partial charge in [-0.1, -0.05) is 25.5 Å². The molecular formula is C20H30O. The fourth-order valence-corrected chi connectivity index (χ4v) is 6.83. The number of hydrogen-bond donors (Lipinski definition) is 0. The van der Waals surface area contributed by atoms with Crippen molar-refractivity contribution in [2.75, 3.05) is 0 Å². The number of hydrogen-bond acceptors (Lipinski definition) is 1. The Kier molecular flexibility index (Phi) is 2.98. The average molecular weight is 286 g/mol. The molecule has 4 rings (SSSR count). The van der Waals surface area contributed by atoms with Gasteiger partial charge in [-0.25, -0.2) is 0 Å². The second-order valence-corrected chi connectivity index (χ2v) is 9.03. The van der Waals surface area contributed by atoms with Crippen molar-refractivity contribution in [3.8, 4) is 0 Å². The van der Waals surface area contributed by atoms with Crippen LogP contribution in [-0.4, -0.2) is 5.78 Å². The van der Waals surface area contributed by atoms with E-state index in [1.54, 1.807) is 5.57 Å². The summed E-state index contributed by atoms with van der Waals surface area (Å²) in [6.45, 7) is 7.19. The van der Waals surface area contributed by atoms with Gasteiger partial charge in [-0.2, -0.15) is 0 Å². The van der Waals surface area contributed by atoms with E-state index in [0.29, 0.717) is 17.1 Å². The summed E-state index contributed by atoms with van der Waals surface area (Å²) >= 11 is 0. The van der Waals surface area contributed by atoms with E-state index < -0.39 is 0 Å². The van der Waals surface area contributed by atoms with Crippen LogP contribution < -0.4 is 0 Å². The van der Waals surface area contributed by atoms with Crippen LogP contribution in [0.3, 0.4) is 0 Å². The summed E-state index contributed by atoms with van der Waals surface area (Å²) in [4.78, 5) is 12.4. The van der Waals surface area contributed by atoms with Crippen molar-refractivity contribution in [2.24, 2.45) is 34.5 Å². The number of carbonyl (C=O) groups excluding carboxylic acids is 1. The molecule has 1 nitrogen and oxygen atoms in total. The Labute approximate surface area is 129 Å². The summed E-state index contributed by atoms with van der Waals surface area (Å²) < 4.78 is 0. The Bertz CT molecular complexity index is 504. The Morgan fingerprint density at radius 1 is 1.10 bits per heavy atom. The third-order valence-electron chi connectivity index (χ3n) is 8.23. The zero-order valence-electron chi connectivity index (χ0n) is 14.0. The van der Waals surface area contributed by atoms with Crippen molar-refractivity contribution in [2.45, 2.75) is 72.1 Å². The molecule has 0 unspecified atom stereocenters. The summed E-state index contributed by atoms with van der Waals surface area (Å²) in [6, 6.07) is 0. The van der Waals surface area contributed by atoms with Crippen LogP contribution >= 0.6 is 0 Å². The molecule has 0 aromatic carbocycles. The van der Waals surface area contributed by atoms with Crippen molar-refractivity contribution < 1.29 is 4.79 Å². The molecule has 0 N–H and O–H groups in total. The number of ketones is 1. The molecule has 0 saturated heterocycles.